The summed E-state index contributed by atoms with van der Waals surface area (Å²) < 4.78 is 7.09. The van der Waals surface area contributed by atoms with E-state index in [1.54, 1.807) is 17.7 Å². The van der Waals surface area contributed by atoms with E-state index in [0.717, 1.165) is 24.2 Å². The lowest BCUT2D eigenvalue weighted by atomic mass is 10.2. The van der Waals surface area contributed by atoms with Crippen molar-refractivity contribution in [2.45, 2.75) is 42.8 Å². The average Bonchev–Trinajstić information content (AvgIpc) is 3.57. The molecule has 1 aromatic heterocycles. The Hall–Kier alpha value is -2.80. The van der Waals surface area contributed by atoms with Crippen molar-refractivity contribution >= 4 is 28.6 Å². The molecule has 1 amide bonds. The molecule has 1 N–H and O–H groups in total. The average molecular weight is 410 g/mol. The van der Waals surface area contributed by atoms with Crippen LogP contribution in [0.1, 0.15) is 31.4 Å². The molecule has 0 bridgehead atoms. The monoisotopic (exact) mass is 409 g/mol. The summed E-state index contributed by atoms with van der Waals surface area (Å²) in [5.74, 6) is 0.637. The lowest BCUT2D eigenvalue weighted by Gasteiger charge is -2.16. The van der Waals surface area contributed by atoms with Gasteiger partial charge in [-0.15, -0.1) is 0 Å². The molecule has 0 aliphatic heterocycles. The summed E-state index contributed by atoms with van der Waals surface area (Å²) in [5, 5.41) is 3.80. The van der Waals surface area contributed by atoms with Crippen molar-refractivity contribution in [3.8, 4) is 5.75 Å². The highest BCUT2D eigenvalue weighted by atomic mass is 32.2. The molecule has 29 heavy (non-hydrogen) atoms. The summed E-state index contributed by atoms with van der Waals surface area (Å²) in [6.07, 6.45) is 1.95. The third kappa shape index (κ3) is 4.15. The molecule has 6 nitrogen and oxygen atoms in total. The number of benzene rings is 2. The SMILES string of the molecule is COc1ccccc1CNC(=O)C(C)Sc1nc2ccccc2c(=O)n1C1CC1. The van der Waals surface area contributed by atoms with E-state index in [1.807, 2.05) is 49.4 Å². The minimum absolute atomic E-state index is 0.0257. The number of carbonyl (C=O) groups excluding carboxylic acids is 1. The molecule has 7 heteroatoms. The minimum Gasteiger partial charge on any atom is -0.496 e. The number of nitrogens with one attached hydrogen (secondary N) is 1. The van der Waals surface area contributed by atoms with E-state index >= 15 is 0 Å². The summed E-state index contributed by atoms with van der Waals surface area (Å²) in [4.78, 5) is 30.3. The number of aromatic nitrogens is 2. The molecule has 3 aromatic rings. The van der Waals surface area contributed by atoms with Crippen LogP contribution < -0.4 is 15.6 Å². The fourth-order valence-electron chi connectivity index (χ4n) is 3.25. The largest absolute Gasteiger partial charge is 0.496 e. The summed E-state index contributed by atoms with van der Waals surface area (Å²) >= 11 is 1.33. The molecule has 1 aliphatic carbocycles. The van der Waals surface area contributed by atoms with Crippen molar-refractivity contribution in [1.29, 1.82) is 0 Å². The first kappa shape index (κ1) is 19.5. The minimum atomic E-state index is -0.386. The fraction of sp³-hybridized carbons (Fsp3) is 0.318. The van der Waals surface area contributed by atoms with Gasteiger partial charge in [0.05, 0.1) is 23.3 Å². The smallest absolute Gasteiger partial charge is 0.262 e. The molecule has 0 saturated heterocycles. The van der Waals surface area contributed by atoms with Crippen LogP contribution in [0.3, 0.4) is 0 Å². The lowest BCUT2D eigenvalue weighted by Crippen LogP contribution is -2.31. The zero-order chi connectivity index (χ0) is 20.4. The van der Waals surface area contributed by atoms with E-state index in [0.29, 0.717) is 22.6 Å². The maximum atomic E-state index is 13.0. The number of ether oxygens (including phenoxy) is 1. The highest BCUT2D eigenvalue weighted by molar-refractivity contribution is 8.00. The van der Waals surface area contributed by atoms with E-state index < -0.39 is 0 Å². The maximum absolute atomic E-state index is 13.0. The third-order valence-corrected chi connectivity index (χ3v) is 6.05. The Balaban J connectivity index is 1.52. The first-order chi connectivity index (χ1) is 14.1. The molecular formula is C22H23N3O3S. The van der Waals surface area contributed by atoms with Crippen LogP contribution in [-0.4, -0.2) is 27.8 Å². The Kier molecular flexibility index (Phi) is 5.58. The van der Waals surface area contributed by atoms with Gasteiger partial charge in [0.15, 0.2) is 5.16 Å². The summed E-state index contributed by atoms with van der Waals surface area (Å²) in [5.41, 5.74) is 1.56. The van der Waals surface area contributed by atoms with Gasteiger partial charge in [-0.3, -0.25) is 14.2 Å². The Morgan fingerprint density at radius 1 is 1.24 bits per heavy atom. The predicted molar refractivity (Wildman–Crippen MR) is 114 cm³/mol. The van der Waals surface area contributed by atoms with Crippen molar-refractivity contribution in [2.24, 2.45) is 0 Å². The number of methoxy groups -OCH3 is 1. The van der Waals surface area contributed by atoms with Gasteiger partial charge in [-0.1, -0.05) is 42.1 Å². The van der Waals surface area contributed by atoms with E-state index in [1.165, 1.54) is 11.8 Å². The second-order valence-corrected chi connectivity index (χ2v) is 8.42. The summed E-state index contributed by atoms with van der Waals surface area (Å²) in [6, 6.07) is 15.1. The van der Waals surface area contributed by atoms with Crippen LogP contribution in [0, 0.1) is 0 Å². The molecule has 1 atom stereocenters. The molecular weight excluding hydrogens is 386 g/mol. The van der Waals surface area contributed by atoms with Gasteiger partial charge in [-0.25, -0.2) is 4.98 Å². The van der Waals surface area contributed by atoms with Crippen LogP contribution in [0.2, 0.25) is 0 Å². The van der Waals surface area contributed by atoms with Gasteiger partial charge in [0.25, 0.3) is 5.56 Å². The zero-order valence-electron chi connectivity index (χ0n) is 16.4. The van der Waals surface area contributed by atoms with Crippen LogP contribution in [0.15, 0.2) is 58.5 Å². The number of thioether (sulfide) groups is 1. The van der Waals surface area contributed by atoms with Gasteiger partial charge in [0, 0.05) is 18.2 Å². The number of nitrogens with zero attached hydrogens (tertiary/aromatic N) is 2. The number of fused-ring (bicyclic) bond motifs is 1. The van der Waals surface area contributed by atoms with Gasteiger partial charge < -0.3 is 10.1 Å². The van der Waals surface area contributed by atoms with Crippen LogP contribution in [0.5, 0.6) is 5.75 Å². The van der Waals surface area contributed by atoms with Crippen molar-refractivity contribution in [2.75, 3.05) is 7.11 Å². The van der Waals surface area contributed by atoms with E-state index in [9.17, 15) is 9.59 Å². The first-order valence-electron chi connectivity index (χ1n) is 9.66. The standard InChI is InChI=1S/C22H23N3O3S/c1-14(20(26)23-13-15-7-3-6-10-19(15)28-2)29-22-24-18-9-5-4-8-17(18)21(27)25(22)16-11-12-16/h3-10,14,16H,11-13H2,1-2H3,(H,23,26). The van der Waals surface area contributed by atoms with Crippen molar-refractivity contribution in [3.05, 3.63) is 64.4 Å². The quantitative estimate of drug-likeness (QED) is 0.477. The van der Waals surface area contributed by atoms with E-state index in [-0.39, 0.29) is 22.8 Å². The van der Waals surface area contributed by atoms with Crippen molar-refractivity contribution < 1.29 is 9.53 Å². The number of hydrogen-bond acceptors (Lipinski definition) is 5. The van der Waals surface area contributed by atoms with Gasteiger partial charge in [-0.2, -0.15) is 0 Å². The van der Waals surface area contributed by atoms with Gasteiger partial charge in [0.2, 0.25) is 5.91 Å². The second kappa shape index (κ2) is 8.29. The lowest BCUT2D eigenvalue weighted by molar-refractivity contribution is -0.120. The third-order valence-electron chi connectivity index (χ3n) is 4.98. The predicted octanol–water partition coefficient (Wildman–Crippen LogP) is 3.54. The molecule has 1 unspecified atom stereocenters. The van der Waals surface area contributed by atoms with Crippen LogP contribution in [0.25, 0.3) is 10.9 Å². The van der Waals surface area contributed by atoms with Gasteiger partial charge in [-0.05, 0) is 38.0 Å². The molecule has 150 valence electrons. The summed E-state index contributed by atoms with van der Waals surface area (Å²) in [7, 11) is 1.61. The van der Waals surface area contributed by atoms with E-state index in [2.05, 4.69) is 5.32 Å². The Morgan fingerprint density at radius 3 is 2.72 bits per heavy atom. The summed E-state index contributed by atoms with van der Waals surface area (Å²) in [6.45, 7) is 2.22. The highest BCUT2D eigenvalue weighted by Crippen LogP contribution is 2.37. The van der Waals surface area contributed by atoms with Crippen LogP contribution >= 0.6 is 11.8 Å². The topological polar surface area (TPSA) is 73.2 Å². The van der Waals surface area contributed by atoms with Crippen molar-refractivity contribution in [1.82, 2.24) is 14.9 Å². The highest BCUT2D eigenvalue weighted by Gasteiger charge is 2.30. The molecule has 1 aliphatic rings. The first-order valence-corrected chi connectivity index (χ1v) is 10.5. The molecule has 0 spiro atoms. The molecule has 1 heterocycles. The van der Waals surface area contributed by atoms with Crippen LogP contribution in [-0.2, 0) is 11.3 Å². The fourth-order valence-corrected chi connectivity index (χ4v) is 4.25. The van der Waals surface area contributed by atoms with Crippen LogP contribution in [0.4, 0.5) is 0 Å². The Bertz CT molecular complexity index is 1110. The number of para-hydroxylation sites is 2. The number of amides is 1. The van der Waals surface area contributed by atoms with Gasteiger partial charge in [0.1, 0.15) is 5.75 Å². The number of carbonyl (C=O) groups is 1. The molecule has 4 rings (SSSR count). The number of rotatable bonds is 7. The maximum Gasteiger partial charge on any atom is 0.262 e. The Labute approximate surface area is 173 Å². The normalized spacial score (nSPS) is 14.6. The number of hydrogen-bond donors (Lipinski definition) is 1. The zero-order valence-corrected chi connectivity index (χ0v) is 17.2. The molecule has 0 radical (unpaired) electrons. The second-order valence-electron chi connectivity index (χ2n) is 7.11. The van der Waals surface area contributed by atoms with E-state index in [4.69, 9.17) is 9.72 Å². The van der Waals surface area contributed by atoms with Crippen molar-refractivity contribution in [3.63, 3.8) is 0 Å². The molecule has 1 saturated carbocycles. The van der Waals surface area contributed by atoms with Gasteiger partial charge >= 0.3 is 0 Å². The molecule has 2 aromatic carbocycles. The Morgan fingerprint density at radius 2 is 1.97 bits per heavy atom. The molecule has 1 fully saturated rings.